The van der Waals surface area contributed by atoms with Crippen LogP contribution in [0.15, 0.2) is 98.4 Å². The minimum atomic E-state index is -4.03. The lowest BCUT2D eigenvalue weighted by Crippen LogP contribution is -2.40. The van der Waals surface area contributed by atoms with E-state index in [1.807, 2.05) is 53.7 Å². The van der Waals surface area contributed by atoms with Gasteiger partial charge in [-0.2, -0.15) is 8.42 Å². The van der Waals surface area contributed by atoms with Gasteiger partial charge in [0, 0.05) is 110 Å². The van der Waals surface area contributed by atoms with Gasteiger partial charge in [0.25, 0.3) is 10.1 Å². The van der Waals surface area contributed by atoms with Crippen molar-refractivity contribution in [2.45, 2.75) is 251 Å². The van der Waals surface area contributed by atoms with Gasteiger partial charge in [-0.05, 0) is 180 Å². The summed E-state index contributed by atoms with van der Waals surface area (Å²) in [5.74, 6) is 2.01. The molecule has 7 fully saturated rings. The molecule has 0 aliphatic carbocycles. The first kappa shape index (κ1) is 118. The van der Waals surface area contributed by atoms with E-state index in [1.54, 1.807) is 119 Å². The van der Waals surface area contributed by atoms with Crippen molar-refractivity contribution in [1.82, 2.24) is 15.0 Å². The van der Waals surface area contributed by atoms with Crippen molar-refractivity contribution in [1.29, 1.82) is 0 Å². The number of rotatable bonds is 21. The number of oxazole rings is 3. The Balaban J connectivity index is 0.000000187. The van der Waals surface area contributed by atoms with Gasteiger partial charge in [0.05, 0.1) is 120 Å². The Morgan fingerprint density at radius 3 is 1.10 bits per heavy atom. The highest BCUT2D eigenvalue weighted by atomic mass is 35.5. The minimum absolute atomic E-state index is 0.00340. The second-order valence-corrected chi connectivity index (χ2v) is 56.6. The van der Waals surface area contributed by atoms with Crippen molar-refractivity contribution in [2.75, 3.05) is 134 Å². The van der Waals surface area contributed by atoms with Crippen LogP contribution in [0.5, 0.6) is 11.5 Å². The topological polar surface area (TPSA) is 451 Å². The number of amides is 2. The van der Waals surface area contributed by atoms with Gasteiger partial charge in [-0.1, -0.05) is 141 Å². The van der Waals surface area contributed by atoms with Gasteiger partial charge < -0.3 is 71.8 Å². The van der Waals surface area contributed by atoms with E-state index in [2.05, 4.69) is 50.5 Å². The number of nitrogens with one attached hydrogen (secondary N) is 2. The number of ether oxygens (including phenoxy) is 8. The number of aromatic hydroxyl groups is 2. The number of hydrogen-bond donors (Lipinski definition) is 5. The summed E-state index contributed by atoms with van der Waals surface area (Å²) in [6.45, 7) is 47.1. The first-order valence-electron chi connectivity index (χ1n) is 46.4. The number of anilines is 2. The number of fused-ring (bicyclic) bond motifs is 3. The van der Waals surface area contributed by atoms with Crippen LogP contribution in [0.25, 0.3) is 33.3 Å². The number of aliphatic hydroxyl groups is 1. The Morgan fingerprint density at radius 2 is 0.743 bits per heavy atom. The third kappa shape index (κ3) is 29.8. The van der Waals surface area contributed by atoms with Gasteiger partial charge in [0.15, 0.2) is 67.6 Å². The van der Waals surface area contributed by atoms with Gasteiger partial charge in [0.2, 0.25) is 23.6 Å². The van der Waals surface area contributed by atoms with Crippen molar-refractivity contribution in [3.63, 3.8) is 0 Å². The molecule has 8 aromatic rings. The number of halogens is 5. The molecule has 0 bridgehead atoms. The quantitative estimate of drug-likeness (QED) is 0.0253. The summed E-state index contributed by atoms with van der Waals surface area (Å²) in [4.78, 5) is 38.0. The molecule has 43 heteroatoms. The summed E-state index contributed by atoms with van der Waals surface area (Å²) in [5.41, 5.74) is 0.942. The SMILES string of the molecule is CC(C)(C)C(=O)Nc1ccc(Cl)c(S(=O)(=O)C(C)(C)[C@H]2CCOC2)c1O.CC(C)(C)OC(=O)Nc1ccc(Cl)c(S(=O)(=O)C(C)(C)[C@H]2CCOC2)c1O.CC(C)(C)c1nc2ccc(Cl)c(S(=O)(=O)C(C)(C)[C@H]3CCOC3)c2o1.CC(C)(C)c1nc2ccc(Cl)c(S(=O)(=O)C[C@H]3CCOC3)c2o1.CC(C)(C)c1nc2ccc(Cl)c(SC[C@H]3CCOC3)c2o1.CS(=O)(=O)OC[C@H]1CCOC1.OC[C@H]1CCOC1. The molecule has 7 atom stereocenters. The number of aliphatic hydroxyl groups excluding tert-OH is 1. The van der Waals surface area contributed by atoms with Crippen molar-refractivity contribution < 1.29 is 122 Å². The monoisotopic (exact) mass is 2170 g/mol. The fourth-order valence-corrected chi connectivity index (χ4v) is 26.5. The number of phenols is 2. The maximum Gasteiger partial charge on any atom is 0.412 e. The molecule has 5 aromatic carbocycles. The Kier molecular flexibility index (Phi) is 39.9. The van der Waals surface area contributed by atoms with Crippen molar-refractivity contribution >= 4 is 176 Å². The summed E-state index contributed by atoms with van der Waals surface area (Å²) in [6, 6.07) is 15.8. The van der Waals surface area contributed by atoms with E-state index in [0.717, 1.165) is 97.6 Å². The summed E-state index contributed by atoms with van der Waals surface area (Å²) < 4.78 is 188. The van der Waals surface area contributed by atoms with Crippen LogP contribution < -0.4 is 10.6 Å². The summed E-state index contributed by atoms with van der Waals surface area (Å²) in [5, 5.41) is 35.5. The van der Waals surface area contributed by atoms with Crippen molar-refractivity contribution in [3.05, 3.63) is 103 Å². The normalized spacial score (nSPS) is 20.3. The molecule has 10 heterocycles. The van der Waals surface area contributed by atoms with Crippen LogP contribution in [-0.2, 0) is 113 Å². The molecule has 0 radical (unpaired) electrons. The van der Waals surface area contributed by atoms with E-state index in [9.17, 15) is 61.9 Å². The maximum absolute atomic E-state index is 13.5. The maximum atomic E-state index is 13.5. The molecule has 0 saturated carbocycles. The number of carbonyl (C=O) groups is 2. The number of aromatic nitrogens is 3. The molecular weight excluding hydrogens is 2040 g/mol. The zero-order chi connectivity index (χ0) is 104. The van der Waals surface area contributed by atoms with E-state index < -0.39 is 97.2 Å². The van der Waals surface area contributed by atoms with Crippen LogP contribution in [0.2, 0.25) is 25.1 Å². The van der Waals surface area contributed by atoms with Crippen LogP contribution in [0.1, 0.15) is 208 Å². The van der Waals surface area contributed by atoms with Crippen LogP contribution in [0.4, 0.5) is 16.2 Å². The minimum Gasteiger partial charge on any atom is -0.504 e. The summed E-state index contributed by atoms with van der Waals surface area (Å²) in [6.07, 6.45) is 5.98. The van der Waals surface area contributed by atoms with Gasteiger partial charge in [0.1, 0.15) is 41.7 Å². The predicted octanol–water partition coefficient (Wildman–Crippen LogP) is 20.5. The first-order valence-corrected chi connectivity index (χ1v) is 57.2. The fraction of sp³-hybridized carbons (Fsp3) is 0.639. The van der Waals surface area contributed by atoms with E-state index in [1.165, 1.54) is 24.3 Å². The van der Waals surface area contributed by atoms with E-state index >= 15 is 0 Å². The van der Waals surface area contributed by atoms with E-state index in [0.29, 0.717) is 120 Å². The van der Waals surface area contributed by atoms with Crippen molar-refractivity contribution in [3.8, 4) is 11.5 Å². The van der Waals surface area contributed by atoms with Crippen molar-refractivity contribution in [2.24, 2.45) is 46.8 Å². The molecule has 140 heavy (non-hydrogen) atoms. The third-order valence-electron chi connectivity index (χ3n) is 24.8. The number of nitrogens with zero attached hydrogens (tertiary/aromatic N) is 3. The van der Waals surface area contributed by atoms with Gasteiger partial charge >= 0.3 is 6.09 Å². The Morgan fingerprint density at radius 1 is 0.414 bits per heavy atom. The molecule has 0 spiro atoms. The molecule has 0 unspecified atom stereocenters. The molecule has 5 N–H and O–H groups in total. The smallest absolute Gasteiger partial charge is 0.412 e. The highest BCUT2D eigenvalue weighted by Gasteiger charge is 2.51. The Labute approximate surface area is 853 Å². The second-order valence-electron chi connectivity index (χ2n) is 42.5. The Hall–Kier alpha value is -5.96. The lowest BCUT2D eigenvalue weighted by Gasteiger charge is -2.31. The molecule has 3 aromatic heterocycles. The molecule has 2 amide bonds. The third-order valence-corrected chi connectivity index (χ3v) is 38.7. The standard InChI is InChI=1S/C18H26ClNO6S.C18H26ClNO5S.C18H24ClNO4S.C16H20ClNO4S.C16H20ClNO2S.C6H12O4S.C5H10O2/c1-17(2,3)26-16(22)20-13-7-6-12(19)15(14(13)21)27(23,24)18(4,5)11-8-9-25-10-11;1-17(2,3)16(22)20-13-7-6-12(19)15(14(13)21)26(23,24)18(4,5)11-8-9-25-10-11;1-17(2,3)16-20-13-7-6-12(19)15(14(13)24-16)25(21,22)18(4,5)11-8-9-23-10-11;1-16(2,3)15-18-12-5-4-11(17)14(13(12)22-15)23(19,20)9-10-6-7-21-8-10;1-16(2,3)15-18-12-5-4-11(17)14(13(12)20-15)21-9-10-6-7-19-8-10;1-11(7,8)10-5-6-2-3-9-4-6;6-3-5-1-2-7-4-5/h6-7,11,21H,8-10H2,1-5H3,(H,20,22);6-7,11,21H,8-10H2,1-5H3,(H,20,22);6-7,11H,8-10H2,1-5H3;4-5,10H,6-9H2,1-3H3;4-5,10H,6-9H2,1-3H3;6H,2-5H2,1H3;5-6H,1-4H2/t3*11-;2*10-;6-;5-/m0000001/s1. The average Bonchev–Trinajstić information content (AvgIpc) is 1.54. The molecule has 15 rings (SSSR count). The largest absolute Gasteiger partial charge is 0.504 e. The zero-order valence-corrected chi connectivity index (χ0v) is 92.5. The van der Waals surface area contributed by atoms with Gasteiger partial charge in [-0.25, -0.2) is 53.4 Å². The number of benzene rings is 5. The highest BCUT2D eigenvalue weighted by Crippen LogP contribution is 2.50. The Bertz CT molecular complexity index is 6210. The van der Waals surface area contributed by atoms with Gasteiger partial charge in [-0.15, -0.1) is 11.8 Å². The molecular formula is C97H138Cl5N5O27S6. The van der Waals surface area contributed by atoms with E-state index in [-0.39, 0.29) is 121 Å². The van der Waals surface area contributed by atoms with Gasteiger partial charge in [-0.3, -0.25) is 14.3 Å². The first-order chi connectivity index (χ1) is 64.7. The number of phenolic OH excluding ortho intramolecular Hbond substituents is 2. The summed E-state index contributed by atoms with van der Waals surface area (Å²) >= 11 is 32.9. The highest BCUT2D eigenvalue weighted by molar-refractivity contribution is 7.99. The molecule has 32 nitrogen and oxygen atoms in total. The molecule has 7 saturated heterocycles. The summed E-state index contributed by atoms with van der Waals surface area (Å²) in [7, 11) is -18.6. The van der Waals surface area contributed by atoms with Crippen LogP contribution in [0.3, 0.4) is 0 Å². The van der Waals surface area contributed by atoms with Crippen LogP contribution in [-0.4, -0.2) is 228 Å². The fourth-order valence-electron chi connectivity index (χ4n) is 15.4. The lowest BCUT2D eigenvalue weighted by atomic mass is 9.94. The number of thioether (sulfide) groups is 1. The number of sulfone groups is 4. The number of carbonyl (C=O) groups excluding carboxylic acids is 2. The zero-order valence-electron chi connectivity index (χ0n) is 83.8. The van der Waals surface area contributed by atoms with Crippen LogP contribution in [0, 0.1) is 46.8 Å². The van der Waals surface area contributed by atoms with E-state index in [4.69, 9.17) is 114 Å². The average molecular weight is 2180 g/mol. The molecule has 7 aliphatic rings. The molecule has 784 valence electrons. The second kappa shape index (κ2) is 47.5. The predicted molar refractivity (Wildman–Crippen MR) is 544 cm³/mol. The number of hydrogen-bond acceptors (Lipinski definition) is 31. The van der Waals surface area contributed by atoms with Crippen LogP contribution >= 0.6 is 69.8 Å². The molecule has 7 aliphatic heterocycles. The lowest BCUT2D eigenvalue weighted by molar-refractivity contribution is -0.123.